The zero-order valence-corrected chi connectivity index (χ0v) is 11.5. The van der Waals surface area contributed by atoms with E-state index in [2.05, 4.69) is 12.1 Å². The molecule has 4 nitrogen and oxygen atoms in total. The molecule has 0 bridgehead atoms. The fourth-order valence-electron chi connectivity index (χ4n) is 3.15. The van der Waals surface area contributed by atoms with Gasteiger partial charge in [0.25, 0.3) is 0 Å². The maximum atomic E-state index is 10.7. The normalized spacial score (nSPS) is 29.6. The maximum Gasteiger partial charge on any atom is 0.320 e. The van der Waals surface area contributed by atoms with Crippen LogP contribution in [-0.4, -0.2) is 29.8 Å². The van der Waals surface area contributed by atoms with Gasteiger partial charge in [0, 0.05) is 6.61 Å². The fraction of sp³-hybridized carbons (Fsp3) is 0.562. The van der Waals surface area contributed by atoms with Crippen molar-refractivity contribution in [2.75, 3.05) is 6.61 Å². The largest absolute Gasteiger partial charge is 0.480 e. The molecule has 1 saturated carbocycles. The summed E-state index contributed by atoms with van der Waals surface area (Å²) in [6.45, 7) is 0.900. The number of benzene rings is 1. The van der Waals surface area contributed by atoms with E-state index in [0.29, 0.717) is 12.5 Å². The molecule has 1 heterocycles. The molecule has 0 spiro atoms. The molecule has 0 radical (unpaired) electrons. The number of rotatable bonds is 5. The van der Waals surface area contributed by atoms with Crippen molar-refractivity contribution >= 4 is 5.97 Å². The molecule has 1 aliphatic heterocycles. The first kappa shape index (κ1) is 13.6. The molecule has 1 aliphatic carbocycles. The molecule has 2 fully saturated rings. The van der Waals surface area contributed by atoms with Gasteiger partial charge in [-0.2, -0.15) is 0 Å². The van der Waals surface area contributed by atoms with Crippen LogP contribution in [-0.2, 0) is 22.4 Å². The predicted octanol–water partition coefficient (Wildman–Crippen LogP) is 1.61. The van der Waals surface area contributed by atoms with E-state index in [0.717, 1.165) is 30.4 Å². The van der Waals surface area contributed by atoms with Crippen molar-refractivity contribution in [1.82, 2.24) is 0 Å². The predicted molar refractivity (Wildman–Crippen MR) is 75.4 cm³/mol. The highest BCUT2D eigenvalue weighted by Gasteiger charge is 2.45. The molecule has 2 aliphatic rings. The summed E-state index contributed by atoms with van der Waals surface area (Å²) in [6.07, 6.45) is 4.27. The molecule has 108 valence electrons. The lowest BCUT2D eigenvalue weighted by molar-refractivity contribution is -0.138. The number of carbonyl (C=O) groups is 1. The van der Waals surface area contributed by atoms with Crippen molar-refractivity contribution in [3.63, 3.8) is 0 Å². The lowest BCUT2D eigenvalue weighted by atomic mass is 9.98. The minimum absolute atomic E-state index is 0.375. The van der Waals surface area contributed by atoms with Gasteiger partial charge in [-0.1, -0.05) is 24.3 Å². The van der Waals surface area contributed by atoms with E-state index in [9.17, 15) is 4.79 Å². The summed E-state index contributed by atoms with van der Waals surface area (Å²) in [4.78, 5) is 10.7. The lowest BCUT2D eigenvalue weighted by Crippen LogP contribution is -2.32. The molecule has 3 rings (SSSR count). The third-order valence-electron chi connectivity index (χ3n) is 4.51. The van der Waals surface area contributed by atoms with Crippen molar-refractivity contribution in [2.24, 2.45) is 17.6 Å². The van der Waals surface area contributed by atoms with Crippen LogP contribution in [0.1, 0.15) is 24.0 Å². The molecule has 4 heteroatoms. The Kier molecular flexibility index (Phi) is 3.76. The first-order valence-electron chi connectivity index (χ1n) is 7.31. The van der Waals surface area contributed by atoms with Crippen molar-refractivity contribution < 1.29 is 14.6 Å². The lowest BCUT2D eigenvalue weighted by Gasteiger charge is -2.22. The van der Waals surface area contributed by atoms with Crippen LogP contribution in [0.15, 0.2) is 24.3 Å². The standard InChI is InChI=1S/C16H21NO3/c17-14(16(18)19)7-10-1-3-11(4-2-10)8-15-13-9-12(13)5-6-20-15/h1-4,12-15H,5-9,17H2,(H,18,19). The summed E-state index contributed by atoms with van der Waals surface area (Å²) in [5, 5.41) is 8.81. The number of aliphatic carboxylic acids is 1. The van der Waals surface area contributed by atoms with Gasteiger partial charge in [-0.25, -0.2) is 0 Å². The molecule has 1 aromatic carbocycles. The Morgan fingerprint density at radius 2 is 2.05 bits per heavy atom. The molecular formula is C16H21NO3. The first-order valence-corrected chi connectivity index (χ1v) is 7.31. The van der Waals surface area contributed by atoms with E-state index in [4.69, 9.17) is 15.6 Å². The van der Waals surface area contributed by atoms with Crippen LogP contribution in [0.3, 0.4) is 0 Å². The van der Waals surface area contributed by atoms with Crippen LogP contribution >= 0.6 is 0 Å². The van der Waals surface area contributed by atoms with E-state index in [1.54, 1.807) is 0 Å². The number of hydrogen-bond acceptors (Lipinski definition) is 3. The average Bonchev–Trinajstić information content (AvgIpc) is 3.21. The average molecular weight is 275 g/mol. The van der Waals surface area contributed by atoms with Crippen LogP contribution in [0.25, 0.3) is 0 Å². The second-order valence-electron chi connectivity index (χ2n) is 6.03. The fourth-order valence-corrected chi connectivity index (χ4v) is 3.15. The zero-order valence-electron chi connectivity index (χ0n) is 11.5. The van der Waals surface area contributed by atoms with Crippen LogP contribution in [0.4, 0.5) is 0 Å². The van der Waals surface area contributed by atoms with Gasteiger partial charge in [-0.3, -0.25) is 4.79 Å². The molecule has 0 aromatic heterocycles. The quantitative estimate of drug-likeness (QED) is 0.856. The second kappa shape index (κ2) is 5.54. The first-order chi connectivity index (χ1) is 9.63. The van der Waals surface area contributed by atoms with Crippen molar-refractivity contribution in [1.29, 1.82) is 0 Å². The summed E-state index contributed by atoms with van der Waals surface area (Å²) in [5.74, 6) is 0.718. The number of nitrogens with two attached hydrogens (primary N) is 1. The van der Waals surface area contributed by atoms with Gasteiger partial charge in [0.05, 0.1) is 6.10 Å². The Labute approximate surface area is 118 Å². The van der Waals surface area contributed by atoms with E-state index in [1.165, 1.54) is 18.4 Å². The maximum absolute atomic E-state index is 10.7. The van der Waals surface area contributed by atoms with E-state index < -0.39 is 12.0 Å². The summed E-state index contributed by atoms with van der Waals surface area (Å²) < 4.78 is 5.86. The Bertz CT molecular complexity index is 485. The Morgan fingerprint density at radius 1 is 1.35 bits per heavy atom. The number of carboxylic acid groups (broad SMARTS) is 1. The molecule has 0 amide bonds. The smallest absolute Gasteiger partial charge is 0.320 e. The summed E-state index contributed by atoms with van der Waals surface area (Å²) in [7, 11) is 0. The molecule has 3 N–H and O–H groups in total. The molecule has 20 heavy (non-hydrogen) atoms. The topological polar surface area (TPSA) is 72.5 Å². The Hall–Kier alpha value is -1.39. The second-order valence-corrected chi connectivity index (χ2v) is 6.03. The van der Waals surface area contributed by atoms with Crippen LogP contribution in [0, 0.1) is 11.8 Å². The monoisotopic (exact) mass is 275 g/mol. The molecule has 1 aromatic rings. The number of carboxylic acids is 1. The van der Waals surface area contributed by atoms with E-state index in [1.807, 2.05) is 12.1 Å². The van der Waals surface area contributed by atoms with Gasteiger partial charge in [-0.05, 0) is 48.6 Å². The Balaban J connectivity index is 1.57. The van der Waals surface area contributed by atoms with Gasteiger partial charge < -0.3 is 15.6 Å². The van der Waals surface area contributed by atoms with Gasteiger partial charge >= 0.3 is 5.97 Å². The molecular weight excluding hydrogens is 254 g/mol. The highest BCUT2D eigenvalue weighted by molar-refractivity contribution is 5.73. The van der Waals surface area contributed by atoms with Crippen LogP contribution in [0.5, 0.6) is 0 Å². The zero-order chi connectivity index (χ0) is 14.1. The highest BCUT2D eigenvalue weighted by Crippen LogP contribution is 2.48. The highest BCUT2D eigenvalue weighted by atomic mass is 16.5. The van der Waals surface area contributed by atoms with Gasteiger partial charge in [-0.15, -0.1) is 0 Å². The SMILES string of the molecule is NC(Cc1ccc(CC2OCCC3CC32)cc1)C(=O)O. The van der Waals surface area contributed by atoms with E-state index in [-0.39, 0.29) is 0 Å². The number of hydrogen-bond donors (Lipinski definition) is 2. The summed E-state index contributed by atoms with van der Waals surface area (Å²) in [6, 6.07) is 7.27. The molecule has 4 atom stereocenters. The van der Waals surface area contributed by atoms with Crippen LogP contribution in [0.2, 0.25) is 0 Å². The molecule has 1 saturated heterocycles. The van der Waals surface area contributed by atoms with Gasteiger partial charge in [0.1, 0.15) is 6.04 Å². The summed E-state index contributed by atoms with van der Waals surface area (Å²) >= 11 is 0. The third kappa shape index (κ3) is 3.02. The van der Waals surface area contributed by atoms with Crippen molar-refractivity contribution in [2.45, 2.75) is 37.8 Å². The summed E-state index contributed by atoms with van der Waals surface area (Å²) in [5.41, 5.74) is 7.77. The van der Waals surface area contributed by atoms with E-state index >= 15 is 0 Å². The van der Waals surface area contributed by atoms with Gasteiger partial charge in [0.2, 0.25) is 0 Å². The van der Waals surface area contributed by atoms with Gasteiger partial charge in [0.15, 0.2) is 0 Å². The third-order valence-corrected chi connectivity index (χ3v) is 4.51. The van der Waals surface area contributed by atoms with Crippen molar-refractivity contribution in [3.05, 3.63) is 35.4 Å². The number of ether oxygens (including phenoxy) is 1. The Morgan fingerprint density at radius 3 is 2.75 bits per heavy atom. The van der Waals surface area contributed by atoms with Crippen molar-refractivity contribution in [3.8, 4) is 0 Å². The number of fused-ring (bicyclic) bond motifs is 1. The minimum atomic E-state index is -0.954. The van der Waals surface area contributed by atoms with Crippen LogP contribution < -0.4 is 5.73 Å². The minimum Gasteiger partial charge on any atom is -0.480 e. The molecule has 4 unspecified atom stereocenters.